The lowest BCUT2D eigenvalue weighted by molar-refractivity contribution is 0.0950. The van der Waals surface area contributed by atoms with Crippen LogP contribution in [0.1, 0.15) is 16.1 Å². The number of hydrogen-bond donors (Lipinski definition) is 1. The highest BCUT2D eigenvalue weighted by atomic mass is 32.1. The second-order valence-corrected chi connectivity index (χ2v) is 4.85. The number of pyridine rings is 1. The second kappa shape index (κ2) is 5.75. The van der Waals surface area contributed by atoms with E-state index in [-0.39, 0.29) is 5.91 Å². The van der Waals surface area contributed by atoms with Gasteiger partial charge in [0.25, 0.3) is 5.91 Å². The molecule has 0 radical (unpaired) electrons. The summed E-state index contributed by atoms with van der Waals surface area (Å²) in [6, 6.07) is 10.0. The molecule has 2 heterocycles. The van der Waals surface area contributed by atoms with Crippen LogP contribution in [0.25, 0.3) is 10.9 Å². The van der Waals surface area contributed by atoms with E-state index >= 15 is 0 Å². The Hall–Kier alpha value is -2.34. The van der Waals surface area contributed by atoms with Crippen LogP contribution in [-0.4, -0.2) is 26.2 Å². The molecule has 1 amide bonds. The molecule has 0 aliphatic rings. The van der Waals surface area contributed by atoms with Crippen LogP contribution in [0, 0.1) is 0 Å². The maximum absolute atomic E-state index is 11.7. The van der Waals surface area contributed by atoms with Crippen LogP contribution in [-0.2, 0) is 6.42 Å². The average molecular weight is 284 g/mol. The van der Waals surface area contributed by atoms with Crippen molar-refractivity contribution in [1.82, 2.24) is 19.0 Å². The molecule has 0 bridgehead atoms. The number of benzene rings is 1. The summed E-state index contributed by atoms with van der Waals surface area (Å²) in [5.74, 6) is -0.188. The summed E-state index contributed by atoms with van der Waals surface area (Å²) < 4.78 is 7.71. The van der Waals surface area contributed by atoms with E-state index in [1.165, 1.54) is 6.20 Å². The molecular formula is C14H12N4OS. The van der Waals surface area contributed by atoms with Gasteiger partial charge in [0.1, 0.15) is 0 Å². The standard InChI is InChI=1S/C14H12N4OS/c19-14(12-9-17-20-18-12)16-8-6-11-4-1-3-10-5-2-7-15-13(10)11/h1-5,7,9H,6,8H2,(H,16,19). The summed E-state index contributed by atoms with van der Waals surface area (Å²) in [5, 5.41) is 3.95. The van der Waals surface area contributed by atoms with E-state index < -0.39 is 0 Å². The number of nitrogens with one attached hydrogen (secondary N) is 1. The third kappa shape index (κ3) is 2.65. The minimum atomic E-state index is -0.188. The van der Waals surface area contributed by atoms with Gasteiger partial charge in [-0.15, -0.1) is 0 Å². The number of aromatic nitrogens is 3. The number of fused-ring (bicyclic) bond motifs is 1. The first-order valence-electron chi connectivity index (χ1n) is 6.23. The Morgan fingerprint density at radius 2 is 2.15 bits per heavy atom. The van der Waals surface area contributed by atoms with Crippen molar-refractivity contribution in [2.24, 2.45) is 0 Å². The van der Waals surface area contributed by atoms with Crippen molar-refractivity contribution in [3.8, 4) is 0 Å². The minimum Gasteiger partial charge on any atom is -0.350 e. The zero-order valence-corrected chi connectivity index (χ0v) is 11.4. The average Bonchev–Trinajstić information content (AvgIpc) is 3.02. The maximum Gasteiger partial charge on any atom is 0.272 e. The maximum atomic E-state index is 11.7. The molecule has 0 saturated heterocycles. The lowest BCUT2D eigenvalue weighted by Crippen LogP contribution is -2.25. The van der Waals surface area contributed by atoms with Crippen LogP contribution in [0.2, 0.25) is 0 Å². The van der Waals surface area contributed by atoms with Crippen LogP contribution in [0.15, 0.2) is 42.7 Å². The third-order valence-electron chi connectivity index (χ3n) is 2.99. The molecule has 0 atom stereocenters. The molecule has 0 aliphatic heterocycles. The zero-order valence-electron chi connectivity index (χ0n) is 10.6. The van der Waals surface area contributed by atoms with Gasteiger partial charge in [0.2, 0.25) is 0 Å². The van der Waals surface area contributed by atoms with Crippen molar-refractivity contribution in [2.45, 2.75) is 6.42 Å². The number of carbonyl (C=O) groups excluding carboxylic acids is 1. The summed E-state index contributed by atoms with van der Waals surface area (Å²) in [4.78, 5) is 16.1. The monoisotopic (exact) mass is 284 g/mol. The molecule has 2 aromatic heterocycles. The van der Waals surface area contributed by atoms with Gasteiger partial charge in [0.05, 0.1) is 23.4 Å². The molecule has 0 spiro atoms. The van der Waals surface area contributed by atoms with E-state index in [0.29, 0.717) is 12.2 Å². The highest BCUT2D eigenvalue weighted by Gasteiger charge is 2.08. The molecule has 5 nitrogen and oxygen atoms in total. The quantitative estimate of drug-likeness (QED) is 0.796. The van der Waals surface area contributed by atoms with Gasteiger partial charge >= 0.3 is 0 Å². The van der Waals surface area contributed by atoms with Crippen molar-refractivity contribution >= 4 is 28.5 Å². The van der Waals surface area contributed by atoms with E-state index in [1.807, 2.05) is 30.3 Å². The Kier molecular flexibility index (Phi) is 3.64. The fraction of sp³-hybridized carbons (Fsp3) is 0.143. The van der Waals surface area contributed by atoms with Gasteiger partial charge in [-0.2, -0.15) is 8.75 Å². The summed E-state index contributed by atoms with van der Waals surface area (Å²) in [5.41, 5.74) is 2.48. The SMILES string of the molecule is O=C(NCCc1cccc2cccnc12)c1cnsn1. The van der Waals surface area contributed by atoms with Crippen LogP contribution in [0.3, 0.4) is 0 Å². The Labute approximate surface area is 120 Å². The molecule has 1 N–H and O–H groups in total. The number of carbonyl (C=O) groups is 1. The third-order valence-corrected chi connectivity index (χ3v) is 3.47. The lowest BCUT2D eigenvalue weighted by Gasteiger charge is -2.06. The summed E-state index contributed by atoms with van der Waals surface area (Å²) in [6.07, 6.45) is 3.99. The van der Waals surface area contributed by atoms with Crippen molar-refractivity contribution in [2.75, 3.05) is 6.54 Å². The molecule has 0 saturated carbocycles. The second-order valence-electron chi connectivity index (χ2n) is 4.29. The molecular weight excluding hydrogens is 272 g/mol. The van der Waals surface area contributed by atoms with Crippen LogP contribution < -0.4 is 5.32 Å². The van der Waals surface area contributed by atoms with Crippen molar-refractivity contribution in [3.63, 3.8) is 0 Å². The van der Waals surface area contributed by atoms with Gasteiger partial charge in [-0.1, -0.05) is 24.3 Å². The van der Waals surface area contributed by atoms with Crippen molar-refractivity contribution in [1.29, 1.82) is 0 Å². The Morgan fingerprint density at radius 1 is 1.25 bits per heavy atom. The van der Waals surface area contributed by atoms with E-state index in [2.05, 4.69) is 19.0 Å². The molecule has 0 unspecified atom stereocenters. The fourth-order valence-electron chi connectivity index (χ4n) is 2.04. The van der Waals surface area contributed by atoms with E-state index in [4.69, 9.17) is 0 Å². The molecule has 20 heavy (non-hydrogen) atoms. The largest absolute Gasteiger partial charge is 0.350 e. The van der Waals surface area contributed by atoms with Crippen molar-refractivity contribution in [3.05, 3.63) is 54.0 Å². The number of nitrogens with zero attached hydrogens (tertiary/aromatic N) is 3. The predicted molar refractivity (Wildman–Crippen MR) is 77.7 cm³/mol. The first-order valence-corrected chi connectivity index (χ1v) is 6.96. The molecule has 6 heteroatoms. The number of amides is 1. The van der Waals surface area contributed by atoms with Gasteiger partial charge < -0.3 is 5.32 Å². The summed E-state index contributed by atoms with van der Waals surface area (Å²) in [7, 11) is 0. The number of hydrogen-bond acceptors (Lipinski definition) is 5. The van der Waals surface area contributed by atoms with Gasteiger partial charge in [0, 0.05) is 18.1 Å². The zero-order chi connectivity index (χ0) is 13.8. The Morgan fingerprint density at radius 3 is 3.00 bits per heavy atom. The summed E-state index contributed by atoms with van der Waals surface area (Å²) >= 11 is 1.03. The van der Waals surface area contributed by atoms with Crippen LogP contribution >= 0.6 is 11.7 Å². The van der Waals surface area contributed by atoms with Gasteiger partial charge in [-0.25, -0.2) is 0 Å². The lowest BCUT2D eigenvalue weighted by atomic mass is 10.1. The predicted octanol–water partition coefficient (Wildman–Crippen LogP) is 2.06. The van der Waals surface area contributed by atoms with Gasteiger partial charge in [-0.05, 0) is 18.1 Å². The first-order chi connectivity index (χ1) is 9.84. The minimum absolute atomic E-state index is 0.188. The van der Waals surface area contributed by atoms with Crippen molar-refractivity contribution < 1.29 is 4.79 Å². The number of rotatable bonds is 4. The van der Waals surface area contributed by atoms with Gasteiger partial charge in [0.15, 0.2) is 5.69 Å². The molecule has 100 valence electrons. The van der Waals surface area contributed by atoms with E-state index in [1.54, 1.807) is 6.20 Å². The van der Waals surface area contributed by atoms with E-state index in [9.17, 15) is 4.79 Å². The van der Waals surface area contributed by atoms with Crippen LogP contribution in [0.4, 0.5) is 0 Å². The molecule has 3 aromatic rings. The number of para-hydroxylation sites is 1. The Bertz CT molecular complexity index is 722. The molecule has 1 aromatic carbocycles. The molecule has 0 fully saturated rings. The smallest absolute Gasteiger partial charge is 0.272 e. The Balaban J connectivity index is 1.67. The van der Waals surface area contributed by atoms with Gasteiger partial charge in [-0.3, -0.25) is 9.78 Å². The first kappa shape index (κ1) is 12.7. The topological polar surface area (TPSA) is 67.8 Å². The normalized spacial score (nSPS) is 10.6. The highest BCUT2D eigenvalue weighted by molar-refractivity contribution is 6.99. The summed E-state index contributed by atoms with van der Waals surface area (Å²) in [6.45, 7) is 0.548. The molecule has 3 rings (SSSR count). The fourth-order valence-corrected chi connectivity index (χ4v) is 2.45. The highest BCUT2D eigenvalue weighted by Crippen LogP contribution is 2.15. The van der Waals surface area contributed by atoms with E-state index in [0.717, 1.165) is 34.6 Å². The van der Waals surface area contributed by atoms with Crippen LogP contribution in [0.5, 0.6) is 0 Å². The molecule has 0 aliphatic carbocycles.